The van der Waals surface area contributed by atoms with Crippen molar-refractivity contribution in [3.05, 3.63) is 70.3 Å². The molecule has 34 heavy (non-hydrogen) atoms. The molecule has 182 valence electrons. The fraction of sp³-hybridized carbons (Fsp3) is 0.417. The third-order valence-electron chi connectivity index (χ3n) is 5.60. The Morgan fingerprint density at radius 3 is 2.47 bits per heavy atom. The van der Waals surface area contributed by atoms with E-state index >= 15 is 0 Å². The molecular weight excluding hydrogens is 460 g/mol. The molecule has 1 saturated heterocycles. The molecule has 4 atom stereocenters. The van der Waals surface area contributed by atoms with E-state index in [4.69, 9.17) is 14.2 Å². The molecule has 0 saturated carbocycles. The van der Waals surface area contributed by atoms with Crippen LogP contribution in [0.1, 0.15) is 26.3 Å². The average molecular weight is 489 g/mol. The smallest absolute Gasteiger partial charge is 0.430 e. The van der Waals surface area contributed by atoms with Crippen LogP contribution >= 0.6 is 11.8 Å². The van der Waals surface area contributed by atoms with Gasteiger partial charge in [0.1, 0.15) is 12.7 Å². The minimum Gasteiger partial charge on any atom is -0.430 e. The fourth-order valence-corrected chi connectivity index (χ4v) is 5.08. The monoisotopic (exact) mass is 488 g/mol. The molecule has 0 radical (unpaired) electrons. The number of benzene rings is 2. The molecule has 2 aromatic carbocycles. The van der Waals surface area contributed by atoms with Crippen LogP contribution in [-0.2, 0) is 25.6 Å². The van der Waals surface area contributed by atoms with Gasteiger partial charge in [0.25, 0.3) is 5.69 Å². The number of carbonyl (C=O) groups excluding carboxylic acids is 2. The Morgan fingerprint density at radius 2 is 1.88 bits per heavy atom. The number of nitro benzene ring substituents is 1. The Morgan fingerprint density at radius 1 is 1.21 bits per heavy atom. The highest BCUT2D eigenvalue weighted by Crippen LogP contribution is 2.42. The zero-order valence-corrected chi connectivity index (χ0v) is 20.1. The lowest BCUT2D eigenvalue weighted by Crippen LogP contribution is -2.70. The zero-order chi connectivity index (χ0) is 24.7. The largest absolute Gasteiger partial charge is 0.508 e. The van der Waals surface area contributed by atoms with Crippen LogP contribution in [0.15, 0.2) is 59.5 Å². The summed E-state index contributed by atoms with van der Waals surface area (Å²) >= 11 is 1.61. The Hall–Kier alpha value is -3.11. The third kappa shape index (κ3) is 6.27. The van der Waals surface area contributed by atoms with Gasteiger partial charge in [-0.05, 0) is 50.6 Å². The van der Waals surface area contributed by atoms with Crippen LogP contribution in [0, 0.1) is 16.0 Å². The molecule has 1 unspecified atom stereocenters. The van der Waals surface area contributed by atoms with E-state index in [1.807, 2.05) is 44.2 Å². The fourth-order valence-electron chi connectivity index (χ4n) is 3.77. The van der Waals surface area contributed by atoms with Crippen LogP contribution in [0.5, 0.6) is 0 Å². The number of hydrogen-bond acceptors (Lipinski definition) is 8. The summed E-state index contributed by atoms with van der Waals surface area (Å²) in [6.45, 7) is 6.45. The molecule has 2 aromatic rings. The van der Waals surface area contributed by atoms with E-state index in [2.05, 4.69) is 5.32 Å². The summed E-state index contributed by atoms with van der Waals surface area (Å²) in [6.07, 6.45) is -1.63. The van der Waals surface area contributed by atoms with Crippen molar-refractivity contribution in [2.75, 3.05) is 13.2 Å². The molecule has 0 aromatic heterocycles. The second kappa shape index (κ2) is 11.3. The van der Waals surface area contributed by atoms with Crippen molar-refractivity contribution < 1.29 is 28.7 Å². The lowest BCUT2D eigenvalue weighted by Gasteiger charge is -2.49. The maximum absolute atomic E-state index is 12.5. The topological polar surface area (TPSA) is 117 Å². The van der Waals surface area contributed by atoms with Gasteiger partial charge in [0.15, 0.2) is 0 Å². The molecule has 1 fully saturated rings. The van der Waals surface area contributed by atoms with E-state index in [-0.39, 0.29) is 24.2 Å². The molecule has 3 rings (SSSR count). The Labute approximate surface area is 202 Å². The van der Waals surface area contributed by atoms with Gasteiger partial charge in [0.05, 0.1) is 28.2 Å². The van der Waals surface area contributed by atoms with Gasteiger partial charge in [-0.25, -0.2) is 4.79 Å². The van der Waals surface area contributed by atoms with Gasteiger partial charge < -0.3 is 19.5 Å². The number of β-lactam (4-membered cyclic amide) rings is 1. The van der Waals surface area contributed by atoms with Gasteiger partial charge in [-0.1, -0.05) is 18.2 Å². The van der Waals surface area contributed by atoms with Crippen LogP contribution < -0.4 is 5.32 Å². The molecular formula is C24H28N2O7S. The number of amides is 1. The summed E-state index contributed by atoms with van der Waals surface area (Å²) in [5.41, 5.74) is 0.531. The predicted molar refractivity (Wildman–Crippen MR) is 126 cm³/mol. The molecule has 10 heteroatoms. The average Bonchev–Trinajstić information content (AvgIpc) is 2.80. The van der Waals surface area contributed by atoms with Crippen LogP contribution in [0.25, 0.3) is 0 Å². The second-order valence-electron chi connectivity index (χ2n) is 8.16. The Bertz CT molecular complexity index is 1000. The van der Waals surface area contributed by atoms with Gasteiger partial charge in [0.2, 0.25) is 5.91 Å². The molecule has 1 aliphatic rings. The molecule has 0 aliphatic carbocycles. The number of rotatable bonds is 11. The summed E-state index contributed by atoms with van der Waals surface area (Å²) < 4.78 is 15.8. The normalized spacial score (nSPS) is 19.8. The number of non-ortho nitro benzene ring substituents is 1. The summed E-state index contributed by atoms with van der Waals surface area (Å²) in [5.74, 6) is -0.759. The van der Waals surface area contributed by atoms with Gasteiger partial charge in [-0.15, -0.1) is 11.8 Å². The van der Waals surface area contributed by atoms with Gasteiger partial charge in [-0.2, -0.15) is 0 Å². The van der Waals surface area contributed by atoms with Crippen molar-refractivity contribution in [2.24, 2.45) is 5.92 Å². The number of nitrogens with one attached hydrogen (secondary N) is 1. The van der Waals surface area contributed by atoms with Crippen LogP contribution in [0.2, 0.25) is 0 Å². The SMILES string of the molecule is CCOCC(C)(Sc1ccccc1)[C@H]1NC(=O)[C@@H]1[C@@H](C)OC(=O)OCc1ccc([N+](=O)[O-])cc1. The number of nitrogens with zero attached hydrogens (tertiary/aromatic N) is 1. The minimum atomic E-state index is -0.911. The van der Waals surface area contributed by atoms with Crippen molar-refractivity contribution >= 4 is 29.5 Å². The van der Waals surface area contributed by atoms with Gasteiger partial charge >= 0.3 is 6.16 Å². The minimum absolute atomic E-state index is 0.0505. The highest BCUT2D eigenvalue weighted by Gasteiger charge is 2.54. The molecule has 1 amide bonds. The first kappa shape index (κ1) is 25.5. The van der Waals surface area contributed by atoms with Crippen molar-refractivity contribution in [3.8, 4) is 0 Å². The van der Waals surface area contributed by atoms with Crippen molar-refractivity contribution in [1.82, 2.24) is 5.32 Å². The Kier molecular flexibility index (Phi) is 8.51. The number of carbonyl (C=O) groups is 2. The van der Waals surface area contributed by atoms with E-state index in [1.54, 1.807) is 18.7 Å². The number of nitro groups is 1. The standard InChI is InChI=1S/C24H28N2O7S/c1-4-31-15-24(3,34-19-8-6-5-7-9-19)21-20(22(27)25-21)16(2)33-23(28)32-14-17-10-12-18(13-11-17)26(29)30/h5-13,16,20-21H,4,14-15H2,1-3H3,(H,25,27)/t16-,20-,21+,24?/m1/s1. The molecule has 1 N–H and O–H groups in total. The predicted octanol–water partition coefficient (Wildman–Crippen LogP) is 4.34. The molecule has 9 nitrogen and oxygen atoms in total. The summed E-state index contributed by atoms with van der Waals surface area (Å²) in [5, 5.41) is 13.7. The first-order chi connectivity index (χ1) is 16.2. The zero-order valence-electron chi connectivity index (χ0n) is 19.3. The lowest BCUT2D eigenvalue weighted by molar-refractivity contribution is -0.384. The first-order valence-electron chi connectivity index (χ1n) is 10.9. The molecule has 1 aliphatic heterocycles. The van der Waals surface area contributed by atoms with Crippen molar-refractivity contribution in [3.63, 3.8) is 0 Å². The maximum atomic E-state index is 12.5. The Balaban J connectivity index is 1.61. The summed E-state index contributed by atoms with van der Waals surface area (Å²) in [6, 6.07) is 15.2. The van der Waals surface area contributed by atoms with E-state index in [1.165, 1.54) is 24.3 Å². The van der Waals surface area contributed by atoms with Crippen LogP contribution in [0.4, 0.5) is 10.5 Å². The summed E-state index contributed by atoms with van der Waals surface area (Å²) in [4.78, 5) is 36.0. The maximum Gasteiger partial charge on any atom is 0.508 e. The first-order valence-corrected chi connectivity index (χ1v) is 11.7. The van der Waals surface area contributed by atoms with Gasteiger partial charge in [-0.3, -0.25) is 14.9 Å². The quantitative estimate of drug-likeness (QED) is 0.163. The van der Waals surface area contributed by atoms with E-state index < -0.39 is 27.8 Å². The summed E-state index contributed by atoms with van der Waals surface area (Å²) in [7, 11) is 0. The van der Waals surface area contributed by atoms with Crippen molar-refractivity contribution in [2.45, 2.75) is 49.2 Å². The molecule has 1 heterocycles. The third-order valence-corrected chi connectivity index (χ3v) is 6.94. The number of thioether (sulfide) groups is 1. The highest BCUT2D eigenvalue weighted by atomic mass is 32.2. The number of ether oxygens (including phenoxy) is 3. The lowest BCUT2D eigenvalue weighted by atomic mass is 9.78. The van der Waals surface area contributed by atoms with Gasteiger partial charge in [0, 0.05) is 23.6 Å². The molecule has 0 bridgehead atoms. The van der Waals surface area contributed by atoms with Crippen LogP contribution in [-0.4, -0.2) is 47.1 Å². The molecule has 0 spiro atoms. The van der Waals surface area contributed by atoms with E-state index in [0.29, 0.717) is 18.8 Å². The van der Waals surface area contributed by atoms with Crippen LogP contribution in [0.3, 0.4) is 0 Å². The van der Waals surface area contributed by atoms with Crippen molar-refractivity contribution in [1.29, 1.82) is 0 Å². The number of hydrogen-bond donors (Lipinski definition) is 1. The van der Waals surface area contributed by atoms with E-state index in [0.717, 1.165) is 4.90 Å². The second-order valence-corrected chi connectivity index (χ2v) is 9.77. The van der Waals surface area contributed by atoms with E-state index in [9.17, 15) is 19.7 Å². The highest BCUT2D eigenvalue weighted by molar-refractivity contribution is 8.00.